The van der Waals surface area contributed by atoms with Gasteiger partial charge >= 0.3 is 5.97 Å². The van der Waals surface area contributed by atoms with Crippen LogP contribution in [0.3, 0.4) is 0 Å². The van der Waals surface area contributed by atoms with Gasteiger partial charge in [0, 0.05) is 17.0 Å². The molecule has 0 fully saturated rings. The van der Waals surface area contributed by atoms with Crippen molar-refractivity contribution in [3.05, 3.63) is 40.7 Å². The zero-order chi connectivity index (χ0) is 25.3. The highest BCUT2D eigenvalue weighted by Gasteiger charge is 2.20. The average Bonchev–Trinajstić information content (AvgIpc) is 3.08. The number of esters is 1. The molecular weight excluding hydrogens is 442 g/mol. The number of carbonyl (C=O) groups is 3. The van der Waals surface area contributed by atoms with Gasteiger partial charge in [-0.1, -0.05) is 0 Å². The quantitative estimate of drug-likeness (QED) is 0.379. The van der Waals surface area contributed by atoms with Gasteiger partial charge in [-0.2, -0.15) is 0 Å². The molecule has 0 saturated carbocycles. The van der Waals surface area contributed by atoms with Crippen LogP contribution in [0.2, 0.25) is 0 Å². The fraction of sp³-hybridized carbons (Fsp3) is 0.458. The molecule has 1 heterocycles. The Hall–Kier alpha value is -3.69. The maximum Gasteiger partial charge on any atom is 0.339 e. The van der Waals surface area contributed by atoms with Crippen LogP contribution in [0.5, 0.6) is 17.2 Å². The molecule has 2 aromatic rings. The molecule has 10 heteroatoms. The van der Waals surface area contributed by atoms with Gasteiger partial charge in [-0.15, -0.1) is 0 Å². The minimum absolute atomic E-state index is 0.0883. The van der Waals surface area contributed by atoms with Crippen molar-refractivity contribution >= 4 is 17.8 Å². The summed E-state index contributed by atoms with van der Waals surface area (Å²) in [5.41, 5.74) is 6.76. The lowest BCUT2D eigenvalue weighted by atomic mass is 10.1. The van der Waals surface area contributed by atoms with Crippen LogP contribution < -0.4 is 25.1 Å². The van der Waals surface area contributed by atoms with Crippen molar-refractivity contribution in [3.63, 3.8) is 0 Å². The van der Waals surface area contributed by atoms with E-state index in [1.54, 1.807) is 31.4 Å². The van der Waals surface area contributed by atoms with E-state index in [1.807, 2.05) is 20.8 Å². The highest BCUT2D eigenvalue weighted by atomic mass is 16.5. The summed E-state index contributed by atoms with van der Waals surface area (Å²) in [6.45, 7) is 12.0. The van der Waals surface area contributed by atoms with Gasteiger partial charge in [-0.05, 0) is 59.7 Å². The van der Waals surface area contributed by atoms with Gasteiger partial charge in [-0.25, -0.2) is 4.79 Å². The maximum atomic E-state index is 12.7. The van der Waals surface area contributed by atoms with Crippen molar-refractivity contribution in [2.45, 2.75) is 48.1 Å². The zero-order valence-electron chi connectivity index (χ0n) is 20.6. The second-order valence-electron chi connectivity index (χ2n) is 7.19. The predicted octanol–water partition coefficient (Wildman–Crippen LogP) is 2.94. The predicted molar refractivity (Wildman–Crippen MR) is 125 cm³/mol. The first-order valence-corrected chi connectivity index (χ1v) is 11.3. The molecule has 2 amide bonds. The van der Waals surface area contributed by atoms with Crippen LogP contribution in [0.1, 0.15) is 59.8 Å². The van der Waals surface area contributed by atoms with Gasteiger partial charge in [0.05, 0.1) is 32.0 Å². The first-order valence-electron chi connectivity index (χ1n) is 11.3. The summed E-state index contributed by atoms with van der Waals surface area (Å²) < 4.78 is 23.6. The molecule has 10 nitrogen and oxygen atoms in total. The number of hydrogen-bond donors (Lipinski definition) is 2. The Morgan fingerprint density at radius 2 is 1.41 bits per heavy atom. The van der Waals surface area contributed by atoms with Gasteiger partial charge < -0.3 is 23.5 Å². The number of hydrazine groups is 1. The van der Waals surface area contributed by atoms with E-state index in [4.69, 9.17) is 18.9 Å². The van der Waals surface area contributed by atoms with E-state index in [0.717, 1.165) is 5.69 Å². The molecule has 1 aromatic carbocycles. The first-order chi connectivity index (χ1) is 16.3. The Balaban J connectivity index is 2.14. The van der Waals surface area contributed by atoms with Gasteiger partial charge in [0.15, 0.2) is 11.5 Å². The molecule has 0 spiro atoms. The second kappa shape index (κ2) is 12.5. The van der Waals surface area contributed by atoms with Gasteiger partial charge in [-0.3, -0.25) is 20.4 Å². The van der Waals surface area contributed by atoms with Gasteiger partial charge in [0.25, 0.3) is 11.8 Å². The number of rotatable bonds is 11. The van der Waals surface area contributed by atoms with Gasteiger partial charge in [0.2, 0.25) is 5.75 Å². The van der Waals surface area contributed by atoms with Crippen LogP contribution in [0.4, 0.5) is 0 Å². The lowest BCUT2D eigenvalue weighted by Crippen LogP contribution is -2.43. The topological polar surface area (TPSA) is 117 Å². The second-order valence-corrected chi connectivity index (χ2v) is 7.19. The number of ether oxygens (including phenoxy) is 4. The standard InChI is InChI=1S/C24H33N3O7/c1-7-31-19-12-17(13-20(32-8-2)22(19)33-9-3)23(29)26-25-21(28)14-27-15(5)11-18(16(27)6)24(30)34-10-4/h11-13H,7-10,14H2,1-6H3,(H,25,28)(H,26,29). The van der Waals surface area contributed by atoms with Crippen molar-refractivity contribution in [3.8, 4) is 17.2 Å². The van der Waals surface area contributed by atoms with E-state index in [-0.39, 0.29) is 18.7 Å². The molecule has 0 bridgehead atoms. The molecule has 2 rings (SSSR count). The molecule has 186 valence electrons. The molecule has 0 unspecified atom stereocenters. The Morgan fingerprint density at radius 3 is 1.94 bits per heavy atom. The molecule has 0 aliphatic rings. The molecule has 1 aromatic heterocycles. The minimum atomic E-state index is -0.550. The normalized spacial score (nSPS) is 10.4. The third-order valence-corrected chi connectivity index (χ3v) is 4.86. The van der Waals surface area contributed by atoms with Crippen LogP contribution in [-0.4, -0.2) is 48.8 Å². The van der Waals surface area contributed by atoms with Crippen molar-refractivity contribution < 1.29 is 33.3 Å². The summed E-state index contributed by atoms with van der Waals surface area (Å²) in [6.07, 6.45) is 0. The number of benzene rings is 1. The molecule has 0 aliphatic carbocycles. The van der Waals surface area contributed by atoms with Crippen molar-refractivity contribution in [2.24, 2.45) is 0 Å². The summed E-state index contributed by atoms with van der Waals surface area (Å²) in [5.74, 6) is -0.296. The first kappa shape index (κ1) is 26.6. The zero-order valence-corrected chi connectivity index (χ0v) is 20.6. The van der Waals surface area contributed by atoms with Crippen LogP contribution in [-0.2, 0) is 16.1 Å². The summed E-state index contributed by atoms with van der Waals surface area (Å²) in [6, 6.07) is 4.73. The molecule has 0 saturated heterocycles. The SMILES string of the molecule is CCOC(=O)c1cc(C)n(CC(=O)NNC(=O)c2cc(OCC)c(OCC)c(OCC)c2)c1C. The number of aromatic nitrogens is 1. The van der Waals surface area contributed by atoms with E-state index in [1.165, 1.54) is 12.1 Å². The molecule has 34 heavy (non-hydrogen) atoms. The number of hydrogen-bond acceptors (Lipinski definition) is 7. The number of nitrogens with zero attached hydrogens (tertiary/aromatic N) is 1. The Labute approximate surface area is 199 Å². The van der Waals surface area contributed by atoms with Crippen LogP contribution >= 0.6 is 0 Å². The van der Waals surface area contributed by atoms with E-state index < -0.39 is 17.8 Å². The number of amides is 2. The van der Waals surface area contributed by atoms with Crippen molar-refractivity contribution in [1.29, 1.82) is 0 Å². The van der Waals surface area contributed by atoms with Crippen molar-refractivity contribution in [1.82, 2.24) is 15.4 Å². The molecule has 0 aliphatic heterocycles. The third kappa shape index (κ3) is 6.43. The van der Waals surface area contributed by atoms with E-state index in [2.05, 4.69) is 10.9 Å². The monoisotopic (exact) mass is 475 g/mol. The summed E-state index contributed by atoms with van der Waals surface area (Å²) in [4.78, 5) is 37.3. The number of carbonyl (C=O) groups excluding carboxylic acids is 3. The van der Waals surface area contributed by atoms with Crippen LogP contribution in [0, 0.1) is 13.8 Å². The maximum absolute atomic E-state index is 12.7. The summed E-state index contributed by atoms with van der Waals surface area (Å²) in [7, 11) is 0. The Kier molecular flexibility index (Phi) is 9.78. The fourth-order valence-electron chi connectivity index (χ4n) is 3.36. The van der Waals surface area contributed by atoms with E-state index in [9.17, 15) is 14.4 Å². The fourth-order valence-corrected chi connectivity index (χ4v) is 3.36. The average molecular weight is 476 g/mol. The van der Waals surface area contributed by atoms with Crippen molar-refractivity contribution in [2.75, 3.05) is 26.4 Å². The van der Waals surface area contributed by atoms with E-state index >= 15 is 0 Å². The van der Waals surface area contributed by atoms with Crippen LogP contribution in [0.25, 0.3) is 0 Å². The molecule has 0 atom stereocenters. The molecule has 2 N–H and O–H groups in total. The lowest BCUT2D eigenvalue weighted by Gasteiger charge is -2.17. The third-order valence-electron chi connectivity index (χ3n) is 4.86. The highest BCUT2D eigenvalue weighted by molar-refractivity contribution is 5.96. The van der Waals surface area contributed by atoms with Gasteiger partial charge in [0.1, 0.15) is 6.54 Å². The summed E-state index contributed by atoms with van der Waals surface area (Å²) >= 11 is 0. The lowest BCUT2D eigenvalue weighted by molar-refractivity contribution is -0.122. The number of aryl methyl sites for hydroxylation is 1. The summed E-state index contributed by atoms with van der Waals surface area (Å²) in [5, 5.41) is 0. The van der Waals surface area contributed by atoms with Crippen LogP contribution in [0.15, 0.2) is 18.2 Å². The molecule has 0 radical (unpaired) electrons. The highest BCUT2D eigenvalue weighted by Crippen LogP contribution is 2.39. The minimum Gasteiger partial charge on any atom is -0.490 e. The van der Waals surface area contributed by atoms with E-state index in [0.29, 0.717) is 48.3 Å². The Morgan fingerprint density at radius 1 is 0.824 bits per heavy atom. The smallest absolute Gasteiger partial charge is 0.339 e. The largest absolute Gasteiger partial charge is 0.490 e. The number of nitrogens with one attached hydrogen (secondary N) is 2. The Bertz CT molecular complexity index is 1000. The molecular formula is C24H33N3O7.